The van der Waals surface area contributed by atoms with Gasteiger partial charge in [-0.3, -0.25) is 4.79 Å². The van der Waals surface area contributed by atoms with Crippen molar-refractivity contribution in [1.29, 1.82) is 0 Å². The van der Waals surface area contributed by atoms with Crippen molar-refractivity contribution >= 4 is 11.9 Å². The van der Waals surface area contributed by atoms with E-state index >= 15 is 0 Å². The molecule has 11 heteroatoms. The van der Waals surface area contributed by atoms with E-state index in [9.17, 15) is 40.3 Å². The van der Waals surface area contributed by atoms with Gasteiger partial charge in [-0.05, 0) is 41.5 Å². The number of benzene rings is 2. The molecule has 0 heterocycles. The molecule has 0 bridgehead atoms. The van der Waals surface area contributed by atoms with Crippen molar-refractivity contribution in [2.24, 2.45) is 0 Å². The molecule has 2 rings (SSSR count). The Bertz CT molecular complexity index is 905. The molecular formula is C20H16F7NO3. The molecule has 2 aromatic rings. The van der Waals surface area contributed by atoms with E-state index in [4.69, 9.17) is 0 Å². The highest BCUT2D eigenvalue weighted by molar-refractivity contribution is 5.85. The van der Waals surface area contributed by atoms with Gasteiger partial charge in [0, 0.05) is 6.42 Å². The molecule has 0 saturated heterocycles. The number of alkyl halides is 6. The molecule has 0 aliphatic rings. The fourth-order valence-corrected chi connectivity index (χ4v) is 2.74. The predicted molar refractivity (Wildman–Crippen MR) is 94.2 cm³/mol. The van der Waals surface area contributed by atoms with Gasteiger partial charge in [0.25, 0.3) is 0 Å². The number of amides is 1. The predicted octanol–water partition coefficient (Wildman–Crippen LogP) is 4.31. The molecule has 0 aliphatic heterocycles. The van der Waals surface area contributed by atoms with Gasteiger partial charge in [-0.1, -0.05) is 12.1 Å². The molecule has 0 unspecified atom stereocenters. The summed E-state index contributed by atoms with van der Waals surface area (Å²) in [4.78, 5) is 24.2. The third-order valence-electron chi connectivity index (χ3n) is 4.19. The van der Waals surface area contributed by atoms with Gasteiger partial charge < -0.3 is 10.1 Å². The quantitative estimate of drug-likeness (QED) is 0.526. The highest BCUT2D eigenvalue weighted by Gasteiger charge is 2.37. The number of methoxy groups -OCH3 is 1. The van der Waals surface area contributed by atoms with Crippen molar-refractivity contribution in [3.8, 4) is 0 Å². The smallest absolute Gasteiger partial charge is 0.416 e. The van der Waals surface area contributed by atoms with Crippen LogP contribution < -0.4 is 5.32 Å². The zero-order chi connectivity index (χ0) is 23.4. The Kier molecular flexibility index (Phi) is 7.29. The molecule has 0 aliphatic carbocycles. The average Bonchev–Trinajstić information content (AvgIpc) is 2.66. The maximum Gasteiger partial charge on any atom is 0.416 e. The summed E-state index contributed by atoms with van der Waals surface area (Å²) in [6, 6.07) is 4.46. The van der Waals surface area contributed by atoms with Crippen LogP contribution in [0.25, 0.3) is 0 Å². The van der Waals surface area contributed by atoms with E-state index in [0.717, 1.165) is 19.2 Å². The Labute approximate surface area is 172 Å². The van der Waals surface area contributed by atoms with Crippen molar-refractivity contribution < 1.29 is 45.1 Å². The second-order valence-electron chi connectivity index (χ2n) is 6.56. The number of halogens is 7. The minimum Gasteiger partial charge on any atom is -0.467 e. The first-order chi connectivity index (χ1) is 14.3. The number of hydrogen-bond acceptors (Lipinski definition) is 3. The number of carbonyl (C=O) groups excluding carboxylic acids is 2. The number of nitrogens with one attached hydrogen (secondary N) is 1. The summed E-state index contributed by atoms with van der Waals surface area (Å²) in [5.41, 5.74) is -3.21. The summed E-state index contributed by atoms with van der Waals surface area (Å²) in [6.07, 6.45) is -11.1. The van der Waals surface area contributed by atoms with E-state index in [2.05, 4.69) is 10.1 Å². The van der Waals surface area contributed by atoms with Crippen molar-refractivity contribution in [1.82, 2.24) is 5.32 Å². The second kappa shape index (κ2) is 9.36. The maximum absolute atomic E-state index is 13.0. The fraction of sp³-hybridized carbons (Fsp3) is 0.300. The summed E-state index contributed by atoms with van der Waals surface area (Å²) in [7, 11) is 1.04. The van der Waals surface area contributed by atoms with E-state index < -0.39 is 59.2 Å². The van der Waals surface area contributed by atoms with Crippen LogP contribution in [0.3, 0.4) is 0 Å². The molecule has 1 N–H and O–H groups in total. The van der Waals surface area contributed by atoms with Gasteiger partial charge in [0.1, 0.15) is 11.9 Å². The number of ether oxygens (including phenoxy) is 1. The Morgan fingerprint density at radius 1 is 0.903 bits per heavy atom. The molecule has 0 radical (unpaired) electrons. The summed E-state index contributed by atoms with van der Waals surface area (Å²) >= 11 is 0. The van der Waals surface area contributed by atoms with E-state index in [1.807, 2.05) is 0 Å². The van der Waals surface area contributed by atoms with Gasteiger partial charge in [0.05, 0.1) is 24.7 Å². The molecule has 4 nitrogen and oxygen atoms in total. The third-order valence-corrected chi connectivity index (χ3v) is 4.19. The first kappa shape index (κ1) is 24.2. The molecule has 31 heavy (non-hydrogen) atoms. The Hall–Kier alpha value is -3.11. The summed E-state index contributed by atoms with van der Waals surface area (Å²) in [5.74, 6) is -2.42. The van der Waals surface area contributed by atoms with Gasteiger partial charge in [0.2, 0.25) is 5.91 Å². The molecular weight excluding hydrogens is 435 g/mol. The molecule has 1 amide bonds. The summed E-state index contributed by atoms with van der Waals surface area (Å²) in [5, 5.41) is 2.23. The fourth-order valence-electron chi connectivity index (χ4n) is 2.74. The first-order valence-corrected chi connectivity index (χ1v) is 8.69. The molecule has 1 atom stereocenters. The van der Waals surface area contributed by atoms with E-state index in [1.54, 1.807) is 0 Å². The van der Waals surface area contributed by atoms with Crippen molar-refractivity contribution in [2.75, 3.05) is 7.11 Å². The number of hydrogen-bond donors (Lipinski definition) is 1. The van der Waals surface area contributed by atoms with Crippen LogP contribution in [-0.2, 0) is 39.5 Å². The lowest BCUT2D eigenvalue weighted by Crippen LogP contribution is -2.43. The van der Waals surface area contributed by atoms with Gasteiger partial charge in [-0.15, -0.1) is 0 Å². The normalized spacial score (nSPS) is 12.9. The molecule has 0 saturated carbocycles. The van der Waals surface area contributed by atoms with Crippen molar-refractivity contribution in [3.05, 3.63) is 70.5 Å². The minimum absolute atomic E-state index is 0.0484. The van der Waals surface area contributed by atoms with Crippen LogP contribution in [0.1, 0.15) is 22.3 Å². The van der Waals surface area contributed by atoms with Gasteiger partial charge in [0.15, 0.2) is 0 Å². The zero-order valence-corrected chi connectivity index (χ0v) is 15.9. The van der Waals surface area contributed by atoms with E-state index in [-0.39, 0.29) is 12.5 Å². The minimum atomic E-state index is -5.05. The topological polar surface area (TPSA) is 55.4 Å². The summed E-state index contributed by atoms with van der Waals surface area (Å²) < 4.78 is 95.3. The van der Waals surface area contributed by atoms with Crippen LogP contribution in [-0.4, -0.2) is 25.0 Å². The van der Waals surface area contributed by atoms with Crippen molar-refractivity contribution in [2.45, 2.75) is 31.2 Å². The van der Waals surface area contributed by atoms with E-state index in [0.29, 0.717) is 17.7 Å². The SMILES string of the molecule is COC(=O)[C@H](Cc1ccc(F)cc1)NC(=O)Cc1cc(C(F)(F)F)cc(C(F)(F)F)c1. The monoisotopic (exact) mass is 451 g/mol. The van der Waals surface area contributed by atoms with Crippen LogP contribution in [0.4, 0.5) is 30.7 Å². The van der Waals surface area contributed by atoms with Crippen LogP contribution in [0.2, 0.25) is 0 Å². The van der Waals surface area contributed by atoms with E-state index in [1.165, 1.54) is 12.1 Å². The van der Waals surface area contributed by atoms with Crippen LogP contribution in [0.5, 0.6) is 0 Å². The first-order valence-electron chi connectivity index (χ1n) is 8.69. The lowest BCUT2D eigenvalue weighted by molar-refractivity contribution is -0.145. The van der Waals surface area contributed by atoms with Crippen LogP contribution in [0, 0.1) is 5.82 Å². The van der Waals surface area contributed by atoms with Gasteiger partial charge >= 0.3 is 18.3 Å². The largest absolute Gasteiger partial charge is 0.467 e. The summed E-state index contributed by atoms with van der Waals surface area (Å²) in [6.45, 7) is 0. The number of rotatable bonds is 6. The maximum atomic E-state index is 13.0. The number of carbonyl (C=O) groups is 2. The zero-order valence-electron chi connectivity index (χ0n) is 15.9. The molecule has 0 fully saturated rings. The molecule has 168 valence electrons. The second-order valence-corrected chi connectivity index (χ2v) is 6.56. The lowest BCUT2D eigenvalue weighted by Gasteiger charge is -2.18. The number of esters is 1. The van der Waals surface area contributed by atoms with Crippen LogP contribution in [0.15, 0.2) is 42.5 Å². The standard InChI is InChI=1S/C20H16F7NO3/c1-31-18(30)16(8-11-2-4-15(21)5-3-11)28-17(29)9-12-6-13(19(22,23)24)10-14(7-12)20(25,26)27/h2-7,10,16H,8-9H2,1H3,(H,28,29)/t16-/m0/s1. The Morgan fingerprint density at radius 3 is 1.87 bits per heavy atom. The van der Waals surface area contributed by atoms with Crippen LogP contribution >= 0.6 is 0 Å². The molecule has 2 aromatic carbocycles. The molecule has 0 spiro atoms. The highest BCUT2D eigenvalue weighted by atomic mass is 19.4. The third kappa shape index (κ3) is 6.97. The van der Waals surface area contributed by atoms with Gasteiger partial charge in [-0.25, -0.2) is 9.18 Å². The Balaban J connectivity index is 2.23. The van der Waals surface area contributed by atoms with Gasteiger partial charge in [-0.2, -0.15) is 26.3 Å². The van der Waals surface area contributed by atoms with Crippen molar-refractivity contribution in [3.63, 3.8) is 0 Å². The molecule has 0 aromatic heterocycles. The Morgan fingerprint density at radius 2 is 1.42 bits per heavy atom. The highest BCUT2D eigenvalue weighted by Crippen LogP contribution is 2.36. The lowest BCUT2D eigenvalue weighted by atomic mass is 10.0. The average molecular weight is 451 g/mol.